The molecular weight excluding hydrogens is 218 g/mol. The van der Waals surface area contributed by atoms with Crippen molar-refractivity contribution < 1.29 is 0 Å². The van der Waals surface area contributed by atoms with Crippen LogP contribution in [0.25, 0.3) is 0 Å². The second kappa shape index (κ2) is 6.59. The van der Waals surface area contributed by atoms with Crippen LogP contribution in [0, 0.1) is 17.2 Å². The molecule has 0 aliphatic heterocycles. The summed E-state index contributed by atoms with van der Waals surface area (Å²) in [5.41, 5.74) is 2.94. The Kier molecular flexibility index (Phi) is 4.81. The standard InChI is InChI=1S/C17H23N/c1-2-3-4-14-5-9-16(10-6-14)17-11-7-15(13-18)8-12-17/h5-6,9-10,15,17H,2-4,7-8,11-12H2,1H3. The van der Waals surface area contributed by atoms with E-state index in [0.717, 1.165) is 12.8 Å². The Morgan fingerprint density at radius 2 is 1.78 bits per heavy atom. The molecule has 1 nitrogen and oxygen atoms in total. The van der Waals surface area contributed by atoms with Crippen molar-refractivity contribution in [2.45, 2.75) is 57.8 Å². The molecule has 0 heterocycles. The number of hydrogen-bond donors (Lipinski definition) is 0. The van der Waals surface area contributed by atoms with Crippen LogP contribution in [-0.4, -0.2) is 0 Å². The number of rotatable bonds is 4. The fraction of sp³-hybridized carbons (Fsp3) is 0.588. The fourth-order valence-corrected chi connectivity index (χ4v) is 2.89. The SMILES string of the molecule is CCCCc1ccc(C2CCC(C#N)CC2)cc1. The van der Waals surface area contributed by atoms with Gasteiger partial charge in [0.1, 0.15) is 0 Å². The third kappa shape index (κ3) is 3.35. The molecule has 0 amide bonds. The van der Waals surface area contributed by atoms with Crippen molar-refractivity contribution in [2.24, 2.45) is 5.92 Å². The molecule has 96 valence electrons. The number of unbranched alkanes of at least 4 members (excludes halogenated alkanes) is 1. The maximum Gasteiger partial charge on any atom is 0.0655 e. The monoisotopic (exact) mass is 241 g/mol. The number of nitriles is 1. The maximum atomic E-state index is 8.92. The summed E-state index contributed by atoms with van der Waals surface area (Å²) in [6.07, 6.45) is 8.29. The summed E-state index contributed by atoms with van der Waals surface area (Å²) in [6, 6.07) is 11.6. The van der Waals surface area contributed by atoms with Crippen molar-refractivity contribution in [1.29, 1.82) is 5.26 Å². The van der Waals surface area contributed by atoms with Gasteiger partial charge >= 0.3 is 0 Å². The second-order valence-electron chi connectivity index (χ2n) is 5.52. The quantitative estimate of drug-likeness (QED) is 0.741. The van der Waals surface area contributed by atoms with Crippen molar-refractivity contribution in [3.05, 3.63) is 35.4 Å². The Morgan fingerprint density at radius 1 is 1.11 bits per heavy atom. The zero-order valence-electron chi connectivity index (χ0n) is 11.4. The number of nitrogens with zero attached hydrogens (tertiary/aromatic N) is 1. The van der Waals surface area contributed by atoms with Crippen molar-refractivity contribution in [2.75, 3.05) is 0 Å². The minimum absolute atomic E-state index is 0.310. The van der Waals surface area contributed by atoms with Crippen LogP contribution < -0.4 is 0 Å². The Labute approximate surface area is 111 Å². The molecule has 0 unspecified atom stereocenters. The first-order chi connectivity index (χ1) is 8.83. The number of hydrogen-bond acceptors (Lipinski definition) is 1. The summed E-state index contributed by atoms with van der Waals surface area (Å²) in [7, 11) is 0. The van der Waals surface area contributed by atoms with Gasteiger partial charge in [-0.2, -0.15) is 5.26 Å². The highest BCUT2D eigenvalue weighted by Gasteiger charge is 2.21. The molecular formula is C17H23N. The summed E-state index contributed by atoms with van der Waals surface area (Å²) in [5.74, 6) is 1.000. The Hall–Kier alpha value is -1.29. The predicted octanol–water partition coefficient (Wildman–Crippen LogP) is 4.83. The third-order valence-corrected chi connectivity index (χ3v) is 4.18. The van der Waals surface area contributed by atoms with Crippen LogP contribution >= 0.6 is 0 Å². The molecule has 0 bridgehead atoms. The molecule has 1 aromatic carbocycles. The minimum Gasteiger partial charge on any atom is -0.198 e. The van der Waals surface area contributed by atoms with Crippen LogP contribution in [0.15, 0.2) is 24.3 Å². The molecule has 18 heavy (non-hydrogen) atoms. The van der Waals surface area contributed by atoms with E-state index in [1.165, 1.54) is 43.2 Å². The fourth-order valence-electron chi connectivity index (χ4n) is 2.89. The van der Waals surface area contributed by atoms with Crippen molar-refractivity contribution in [3.8, 4) is 6.07 Å². The number of benzene rings is 1. The lowest BCUT2D eigenvalue weighted by Gasteiger charge is -2.25. The molecule has 1 aliphatic carbocycles. The molecule has 1 aliphatic rings. The van der Waals surface area contributed by atoms with Gasteiger partial charge in [0.15, 0.2) is 0 Å². The van der Waals surface area contributed by atoms with Crippen LogP contribution in [0.3, 0.4) is 0 Å². The van der Waals surface area contributed by atoms with E-state index < -0.39 is 0 Å². The zero-order valence-corrected chi connectivity index (χ0v) is 11.4. The highest BCUT2D eigenvalue weighted by molar-refractivity contribution is 5.26. The molecule has 1 aromatic rings. The van der Waals surface area contributed by atoms with Crippen LogP contribution in [0.2, 0.25) is 0 Å². The molecule has 0 radical (unpaired) electrons. The predicted molar refractivity (Wildman–Crippen MR) is 75.4 cm³/mol. The van der Waals surface area contributed by atoms with E-state index in [1.54, 1.807) is 0 Å². The Balaban J connectivity index is 1.92. The van der Waals surface area contributed by atoms with Crippen molar-refractivity contribution >= 4 is 0 Å². The van der Waals surface area contributed by atoms with E-state index in [4.69, 9.17) is 5.26 Å². The van der Waals surface area contributed by atoms with Gasteiger partial charge in [-0.05, 0) is 55.6 Å². The first-order valence-electron chi connectivity index (χ1n) is 7.32. The topological polar surface area (TPSA) is 23.8 Å². The molecule has 0 aromatic heterocycles. The van der Waals surface area contributed by atoms with Gasteiger partial charge in [-0.25, -0.2) is 0 Å². The largest absolute Gasteiger partial charge is 0.198 e. The van der Waals surface area contributed by atoms with Gasteiger partial charge in [-0.1, -0.05) is 37.6 Å². The summed E-state index contributed by atoms with van der Waals surface area (Å²) >= 11 is 0. The van der Waals surface area contributed by atoms with Gasteiger partial charge in [0, 0.05) is 5.92 Å². The third-order valence-electron chi connectivity index (χ3n) is 4.18. The first kappa shape index (κ1) is 13.1. The first-order valence-corrected chi connectivity index (χ1v) is 7.32. The van der Waals surface area contributed by atoms with Crippen LogP contribution in [-0.2, 0) is 6.42 Å². The highest BCUT2D eigenvalue weighted by Crippen LogP contribution is 2.35. The molecule has 0 atom stereocenters. The van der Waals surface area contributed by atoms with Crippen molar-refractivity contribution in [3.63, 3.8) is 0 Å². The summed E-state index contributed by atoms with van der Waals surface area (Å²) in [5, 5.41) is 8.92. The van der Waals surface area contributed by atoms with Gasteiger partial charge in [0.2, 0.25) is 0 Å². The molecule has 0 N–H and O–H groups in total. The second-order valence-corrected chi connectivity index (χ2v) is 5.52. The average molecular weight is 241 g/mol. The summed E-state index contributed by atoms with van der Waals surface area (Å²) in [6.45, 7) is 2.24. The molecule has 0 spiro atoms. The van der Waals surface area contributed by atoms with E-state index in [9.17, 15) is 0 Å². The lowest BCUT2D eigenvalue weighted by atomic mass is 9.79. The van der Waals surface area contributed by atoms with Crippen LogP contribution in [0.5, 0.6) is 0 Å². The Bertz CT molecular complexity index is 391. The van der Waals surface area contributed by atoms with Crippen LogP contribution in [0.1, 0.15) is 62.5 Å². The smallest absolute Gasteiger partial charge is 0.0655 e. The van der Waals surface area contributed by atoms with E-state index >= 15 is 0 Å². The van der Waals surface area contributed by atoms with Gasteiger partial charge in [-0.3, -0.25) is 0 Å². The van der Waals surface area contributed by atoms with E-state index in [0.29, 0.717) is 11.8 Å². The lowest BCUT2D eigenvalue weighted by Crippen LogP contribution is -2.11. The summed E-state index contributed by atoms with van der Waals surface area (Å²) in [4.78, 5) is 0. The van der Waals surface area contributed by atoms with Crippen LogP contribution in [0.4, 0.5) is 0 Å². The van der Waals surface area contributed by atoms with E-state index in [2.05, 4.69) is 37.3 Å². The normalized spacial score (nSPS) is 23.6. The zero-order chi connectivity index (χ0) is 12.8. The molecule has 2 rings (SSSR count). The molecule has 1 saturated carbocycles. The summed E-state index contributed by atoms with van der Waals surface area (Å²) < 4.78 is 0. The Morgan fingerprint density at radius 3 is 2.33 bits per heavy atom. The van der Waals surface area contributed by atoms with Gasteiger partial charge in [0.05, 0.1) is 6.07 Å². The van der Waals surface area contributed by atoms with E-state index in [1.807, 2.05) is 0 Å². The average Bonchev–Trinajstić information content (AvgIpc) is 2.46. The molecule has 1 fully saturated rings. The maximum absolute atomic E-state index is 8.92. The highest BCUT2D eigenvalue weighted by atomic mass is 14.3. The number of aryl methyl sites for hydroxylation is 1. The molecule has 1 heteroatoms. The van der Waals surface area contributed by atoms with Gasteiger partial charge in [-0.15, -0.1) is 0 Å². The van der Waals surface area contributed by atoms with Crippen molar-refractivity contribution in [1.82, 2.24) is 0 Å². The van der Waals surface area contributed by atoms with Gasteiger partial charge in [0.25, 0.3) is 0 Å². The molecule has 0 saturated heterocycles. The van der Waals surface area contributed by atoms with E-state index in [-0.39, 0.29) is 0 Å². The lowest BCUT2D eigenvalue weighted by molar-refractivity contribution is 0.382. The van der Waals surface area contributed by atoms with Gasteiger partial charge < -0.3 is 0 Å². The minimum atomic E-state index is 0.310.